The fourth-order valence-electron chi connectivity index (χ4n) is 3.28. The van der Waals surface area contributed by atoms with Gasteiger partial charge in [-0.3, -0.25) is 4.79 Å². The van der Waals surface area contributed by atoms with Crippen molar-refractivity contribution < 1.29 is 19.0 Å². The van der Waals surface area contributed by atoms with E-state index >= 15 is 0 Å². The summed E-state index contributed by atoms with van der Waals surface area (Å²) in [6.45, 7) is 5.62. The van der Waals surface area contributed by atoms with E-state index < -0.39 is 0 Å². The molecule has 1 fully saturated rings. The van der Waals surface area contributed by atoms with Crippen LogP contribution < -0.4 is 19.7 Å². The number of anilines is 2. The Morgan fingerprint density at radius 2 is 2.10 bits per heavy atom. The normalized spacial score (nSPS) is 14.0. The number of carbonyl (C=O) groups is 1. The van der Waals surface area contributed by atoms with E-state index in [2.05, 4.69) is 10.2 Å². The summed E-state index contributed by atoms with van der Waals surface area (Å²) >= 11 is 7.95. The minimum absolute atomic E-state index is 0.278. The van der Waals surface area contributed by atoms with Crippen molar-refractivity contribution in [3.63, 3.8) is 0 Å². The van der Waals surface area contributed by atoms with Gasteiger partial charge in [0.2, 0.25) is 0 Å². The zero-order chi connectivity index (χ0) is 21.8. The molecule has 3 aromatic rings. The second kappa shape index (κ2) is 9.72. The summed E-state index contributed by atoms with van der Waals surface area (Å²) in [5, 5.41) is 4.24. The highest BCUT2D eigenvalue weighted by Gasteiger charge is 2.18. The van der Waals surface area contributed by atoms with Crippen molar-refractivity contribution in [2.24, 2.45) is 0 Å². The number of carbonyl (C=O) groups excluding carboxylic acids is 1. The number of morpholine rings is 1. The molecule has 0 aliphatic carbocycles. The Hall–Kier alpha value is -2.55. The van der Waals surface area contributed by atoms with Crippen molar-refractivity contribution in [3.8, 4) is 11.5 Å². The van der Waals surface area contributed by atoms with Crippen LogP contribution in [0.2, 0.25) is 5.02 Å². The lowest BCUT2D eigenvalue weighted by Crippen LogP contribution is -2.36. The lowest BCUT2D eigenvalue weighted by Gasteiger charge is -2.25. The van der Waals surface area contributed by atoms with E-state index in [0.29, 0.717) is 47.6 Å². The van der Waals surface area contributed by atoms with Crippen LogP contribution in [0.1, 0.15) is 23.7 Å². The van der Waals surface area contributed by atoms with Crippen molar-refractivity contribution >= 4 is 49.9 Å². The van der Waals surface area contributed by atoms with Gasteiger partial charge in [-0.2, -0.15) is 0 Å². The van der Waals surface area contributed by atoms with Crippen LogP contribution in [-0.2, 0) is 4.74 Å². The Morgan fingerprint density at radius 3 is 2.84 bits per heavy atom. The number of ether oxygens (including phenoxy) is 3. The van der Waals surface area contributed by atoms with Crippen molar-refractivity contribution in [3.05, 3.63) is 40.9 Å². The monoisotopic (exact) mass is 461 g/mol. The van der Waals surface area contributed by atoms with E-state index in [4.69, 9.17) is 30.8 Å². The molecule has 1 N–H and O–H groups in total. The van der Waals surface area contributed by atoms with E-state index in [9.17, 15) is 4.79 Å². The number of halogens is 1. The first-order chi connectivity index (χ1) is 15.1. The number of nitrogens with one attached hydrogen (secondary N) is 1. The van der Waals surface area contributed by atoms with Crippen LogP contribution in [0.5, 0.6) is 11.5 Å². The lowest BCUT2D eigenvalue weighted by atomic mass is 10.1. The third kappa shape index (κ3) is 4.87. The summed E-state index contributed by atoms with van der Waals surface area (Å²) in [6, 6.07) is 8.92. The second-order valence-corrected chi connectivity index (χ2v) is 8.49. The van der Waals surface area contributed by atoms with E-state index in [1.165, 1.54) is 7.11 Å². The summed E-state index contributed by atoms with van der Waals surface area (Å²) in [4.78, 5) is 19.8. The van der Waals surface area contributed by atoms with Crippen LogP contribution >= 0.6 is 22.9 Å². The maximum atomic E-state index is 12.8. The molecule has 31 heavy (non-hydrogen) atoms. The number of benzene rings is 2. The average molecular weight is 462 g/mol. The molecule has 9 heteroatoms. The third-order valence-corrected chi connectivity index (χ3v) is 6.22. The molecule has 1 aliphatic heterocycles. The number of hydrogen-bond donors (Lipinski definition) is 1. The average Bonchev–Trinajstić information content (AvgIpc) is 3.22. The number of hydrogen-bond acceptors (Lipinski definition) is 7. The van der Waals surface area contributed by atoms with Gasteiger partial charge in [0, 0.05) is 24.3 Å². The van der Waals surface area contributed by atoms with Gasteiger partial charge >= 0.3 is 0 Å². The van der Waals surface area contributed by atoms with Gasteiger partial charge in [0.05, 0.1) is 42.2 Å². The molecule has 2 aromatic carbocycles. The third-order valence-electron chi connectivity index (χ3n) is 4.86. The Morgan fingerprint density at radius 1 is 1.29 bits per heavy atom. The summed E-state index contributed by atoms with van der Waals surface area (Å²) in [6.07, 6.45) is 0.842. The molecule has 164 valence electrons. The molecule has 1 aliphatic rings. The van der Waals surface area contributed by atoms with Gasteiger partial charge in [0.1, 0.15) is 0 Å². The van der Waals surface area contributed by atoms with Crippen molar-refractivity contribution in [1.29, 1.82) is 0 Å². The predicted molar refractivity (Wildman–Crippen MR) is 124 cm³/mol. The summed E-state index contributed by atoms with van der Waals surface area (Å²) < 4.78 is 17.5. The Labute approximate surface area is 189 Å². The van der Waals surface area contributed by atoms with E-state index in [0.717, 1.165) is 34.9 Å². The zero-order valence-corrected chi connectivity index (χ0v) is 19.0. The molecule has 1 saturated heterocycles. The van der Waals surface area contributed by atoms with Crippen molar-refractivity contribution in [2.45, 2.75) is 13.3 Å². The lowest BCUT2D eigenvalue weighted by molar-refractivity contribution is 0.102. The number of aromatic nitrogens is 1. The molecule has 4 rings (SSSR count). The first-order valence-electron chi connectivity index (χ1n) is 10.1. The maximum Gasteiger partial charge on any atom is 0.255 e. The minimum atomic E-state index is -0.278. The van der Waals surface area contributed by atoms with Gasteiger partial charge in [-0.05, 0) is 36.8 Å². The van der Waals surface area contributed by atoms with E-state index in [1.807, 2.05) is 25.1 Å². The molecule has 7 nitrogen and oxygen atoms in total. The fraction of sp³-hybridized carbons (Fsp3) is 0.364. The van der Waals surface area contributed by atoms with Gasteiger partial charge in [0.25, 0.3) is 5.91 Å². The molecule has 1 aromatic heterocycles. The largest absolute Gasteiger partial charge is 0.493 e. The summed E-state index contributed by atoms with van der Waals surface area (Å²) in [7, 11) is 1.52. The van der Waals surface area contributed by atoms with E-state index in [1.54, 1.807) is 23.5 Å². The summed E-state index contributed by atoms with van der Waals surface area (Å²) in [5.74, 6) is 0.600. The molecule has 0 radical (unpaired) electrons. The highest BCUT2D eigenvalue weighted by atomic mass is 35.5. The molecular formula is C22H24ClN3O4S. The molecule has 0 spiro atoms. The van der Waals surface area contributed by atoms with Gasteiger partial charge in [0.15, 0.2) is 16.6 Å². The summed E-state index contributed by atoms with van der Waals surface area (Å²) in [5.41, 5.74) is 1.99. The Balaban J connectivity index is 1.53. The van der Waals surface area contributed by atoms with E-state index in [-0.39, 0.29) is 5.91 Å². The Kier molecular flexibility index (Phi) is 6.80. The van der Waals surface area contributed by atoms with Gasteiger partial charge in [-0.15, -0.1) is 0 Å². The number of rotatable bonds is 7. The smallest absolute Gasteiger partial charge is 0.255 e. The first kappa shape index (κ1) is 21.7. The van der Waals surface area contributed by atoms with Gasteiger partial charge in [-0.1, -0.05) is 29.9 Å². The molecule has 0 atom stereocenters. The Bertz CT molecular complexity index is 1080. The number of methoxy groups -OCH3 is 1. The van der Waals surface area contributed by atoms with Crippen LogP contribution in [0.3, 0.4) is 0 Å². The quantitative estimate of drug-likeness (QED) is 0.543. The highest BCUT2D eigenvalue weighted by Crippen LogP contribution is 2.37. The molecule has 2 heterocycles. The van der Waals surface area contributed by atoms with Crippen molar-refractivity contribution in [1.82, 2.24) is 4.98 Å². The van der Waals surface area contributed by atoms with Crippen molar-refractivity contribution in [2.75, 3.05) is 50.2 Å². The number of thiazole rings is 1. The van der Waals surface area contributed by atoms with Crippen LogP contribution in [0.25, 0.3) is 10.2 Å². The first-order valence-corrected chi connectivity index (χ1v) is 11.3. The predicted octanol–water partition coefficient (Wildman–Crippen LogP) is 4.84. The number of nitrogens with zero attached hydrogens (tertiary/aromatic N) is 2. The van der Waals surface area contributed by atoms with Crippen LogP contribution in [0.15, 0.2) is 30.3 Å². The molecule has 1 amide bonds. The molecular weight excluding hydrogens is 438 g/mol. The van der Waals surface area contributed by atoms with Crippen LogP contribution in [0.4, 0.5) is 10.8 Å². The number of amides is 1. The fourth-order valence-corrected chi connectivity index (χ4v) is 4.60. The number of fused-ring (bicyclic) bond motifs is 1. The van der Waals surface area contributed by atoms with Crippen LogP contribution in [0, 0.1) is 0 Å². The standard InChI is InChI=1S/C22H24ClN3O4S/c1-3-8-30-20-16(23)11-14(12-18(20)28-2)21(27)24-15-4-5-17-19(13-15)31-22(25-17)26-6-9-29-10-7-26/h4-5,11-13H,3,6-10H2,1-2H3,(H,24,27). The minimum Gasteiger partial charge on any atom is -0.493 e. The van der Waals surface area contributed by atoms with Gasteiger partial charge in [-0.25, -0.2) is 4.98 Å². The van der Waals surface area contributed by atoms with Crippen LogP contribution in [-0.4, -0.2) is 50.9 Å². The topological polar surface area (TPSA) is 72.9 Å². The SMILES string of the molecule is CCCOc1c(Cl)cc(C(=O)Nc2ccc3nc(N4CCOCC4)sc3c2)cc1OC. The molecule has 0 unspecified atom stereocenters. The molecule has 0 bridgehead atoms. The molecule has 0 saturated carbocycles. The zero-order valence-electron chi connectivity index (χ0n) is 17.4. The maximum absolute atomic E-state index is 12.8. The second-order valence-electron chi connectivity index (χ2n) is 7.07. The highest BCUT2D eigenvalue weighted by molar-refractivity contribution is 7.22. The van der Waals surface area contributed by atoms with Gasteiger partial charge < -0.3 is 24.4 Å².